The summed E-state index contributed by atoms with van der Waals surface area (Å²) in [6.07, 6.45) is 0.562. The van der Waals surface area contributed by atoms with E-state index in [0.29, 0.717) is 13.0 Å². The molecule has 0 aliphatic rings. The van der Waals surface area contributed by atoms with Crippen molar-refractivity contribution >= 4 is 10.0 Å². The highest BCUT2D eigenvalue weighted by molar-refractivity contribution is 7.89. The number of phenolic OH excluding ortho intramolecular Hbond substituents is 1. The quantitative estimate of drug-likeness (QED) is 0.768. The molecule has 0 bridgehead atoms. The van der Waals surface area contributed by atoms with Crippen molar-refractivity contribution in [3.63, 3.8) is 0 Å². The van der Waals surface area contributed by atoms with Gasteiger partial charge in [0.2, 0.25) is 10.0 Å². The Morgan fingerprint density at radius 3 is 2.33 bits per heavy atom. The number of nitrogens with one attached hydrogen (secondary N) is 1. The predicted octanol–water partition coefficient (Wildman–Crippen LogP) is 2.14. The fourth-order valence-corrected chi connectivity index (χ4v) is 2.77. The van der Waals surface area contributed by atoms with Crippen molar-refractivity contribution in [3.05, 3.63) is 54.6 Å². The molecule has 2 aromatic carbocycles. The van der Waals surface area contributed by atoms with E-state index in [2.05, 4.69) is 4.72 Å². The third-order valence-electron chi connectivity index (χ3n) is 2.77. The van der Waals surface area contributed by atoms with Crippen molar-refractivity contribution in [2.75, 3.05) is 13.2 Å². The van der Waals surface area contributed by atoms with E-state index in [1.807, 2.05) is 30.3 Å². The van der Waals surface area contributed by atoms with Crippen LogP contribution in [0.2, 0.25) is 0 Å². The summed E-state index contributed by atoms with van der Waals surface area (Å²) in [6.45, 7) is 0.720. The van der Waals surface area contributed by atoms with Crippen molar-refractivity contribution in [2.24, 2.45) is 0 Å². The van der Waals surface area contributed by atoms with Crippen LogP contribution in [0.5, 0.6) is 11.5 Å². The Bertz CT molecular complexity index is 654. The number of benzene rings is 2. The maximum atomic E-state index is 11.9. The minimum absolute atomic E-state index is 0.0326. The van der Waals surface area contributed by atoms with Crippen molar-refractivity contribution in [1.82, 2.24) is 4.72 Å². The fraction of sp³-hybridized carbons (Fsp3) is 0.200. The average Bonchev–Trinajstić information content (AvgIpc) is 2.48. The van der Waals surface area contributed by atoms with Gasteiger partial charge in [0, 0.05) is 6.54 Å². The SMILES string of the molecule is O=S(=O)(NCCCOc1ccccc1)c1ccc(O)cc1. The molecule has 0 spiro atoms. The highest BCUT2D eigenvalue weighted by Crippen LogP contribution is 2.14. The molecule has 0 atom stereocenters. The summed E-state index contributed by atoms with van der Waals surface area (Å²) < 4.78 is 31.9. The molecule has 0 radical (unpaired) electrons. The first kappa shape index (κ1) is 15.3. The lowest BCUT2D eigenvalue weighted by atomic mass is 10.3. The van der Waals surface area contributed by atoms with Crippen LogP contribution in [0.3, 0.4) is 0 Å². The molecule has 0 aliphatic heterocycles. The Labute approximate surface area is 124 Å². The van der Waals surface area contributed by atoms with E-state index in [1.165, 1.54) is 24.3 Å². The van der Waals surface area contributed by atoms with Crippen molar-refractivity contribution in [1.29, 1.82) is 0 Å². The third kappa shape index (κ3) is 4.77. The molecule has 6 heteroatoms. The second-order valence-electron chi connectivity index (χ2n) is 4.41. The molecular weight excluding hydrogens is 290 g/mol. The van der Waals surface area contributed by atoms with Gasteiger partial charge in [-0.1, -0.05) is 18.2 Å². The molecule has 0 fully saturated rings. The summed E-state index contributed by atoms with van der Waals surface area (Å²) in [5.41, 5.74) is 0. The highest BCUT2D eigenvalue weighted by Gasteiger charge is 2.12. The van der Waals surface area contributed by atoms with E-state index in [0.717, 1.165) is 5.75 Å². The van der Waals surface area contributed by atoms with E-state index in [1.54, 1.807) is 0 Å². The van der Waals surface area contributed by atoms with Crippen LogP contribution in [0, 0.1) is 0 Å². The summed E-state index contributed by atoms with van der Waals surface area (Å²) in [5.74, 6) is 0.795. The number of para-hydroxylation sites is 1. The van der Waals surface area contributed by atoms with E-state index in [9.17, 15) is 8.42 Å². The fourth-order valence-electron chi connectivity index (χ4n) is 1.69. The topological polar surface area (TPSA) is 75.6 Å². The Morgan fingerprint density at radius 2 is 1.67 bits per heavy atom. The van der Waals surface area contributed by atoms with Gasteiger partial charge >= 0.3 is 0 Å². The van der Waals surface area contributed by atoms with E-state index in [-0.39, 0.29) is 17.2 Å². The molecule has 0 unspecified atom stereocenters. The van der Waals surface area contributed by atoms with E-state index < -0.39 is 10.0 Å². The summed E-state index contributed by atoms with van der Waals surface area (Å²) in [5, 5.41) is 9.14. The van der Waals surface area contributed by atoms with E-state index >= 15 is 0 Å². The molecule has 0 saturated carbocycles. The maximum absolute atomic E-state index is 11.9. The molecule has 0 aliphatic carbocycles. The molecule has 2 N–H and O–H groups in total. The minimum atomic E-state index is -3.54. The van der Waals surface area contributed by atoms with Crippen LogP contribution in [0.4, 0.5) is 0 Å². The van der Waals surface area contributed by atoms with Gasteiger partial charge in [-0.15, -0.1) is 0 Å². The second-order valence-corrected chi connectivity index (χ2v) is 6.17. The monoisotopic (exact) mass is 307 g/mol. The Hall–Kier alpha value is -2.05. The molecule has 2 aromatic rings. The first-order valence-corrected chi connectivity index (χ1v) is 8.03. The van der Waals surface area contributed by atoms with Gasteiger partial charge in [0.05, 0.1) is 11.5 Å². The number of aromatic hydroxyl groups is 1. The summed E-state index contributed by atoms with van der Waals surface area (Å²) in [6, 6.07) is 14.8. The number of hydrogen-bond acceptors (Lipinski definition) is 4. The normalized spacial score (nSPS) is 11.2. The van der Waals surface area contributed by atoms with Crippen molar-refractivity contribution in [3.8, 4) is 11.5 Å². The van der Waals surface area contributed by atoms with Gasteiger partial charge in [0.15, 0.2) is 0 Å². The Kier molecular flexibility index (Phi) is 5.19. The zero-order valence-corrected chi connectivity index (χ0v) is 12.2. The van der Waals surface area contributed by atoms with Crippen LogP contribution in [-0.2, 0) is 10.0 Å². The Balaban J connectivity index is 1.76. The van der Waals surface area contributed by atoms with Gasteiger partial charge in [0.25, 0.3) is 0 Å². The van der Waals surface area contributed by atoms with Crippen molar-refractivity contribution in [2.45, 2.75) is 11.3 Å². The molecular formula is C15H17NO4S. The molecule has 2 rings (SSSR count). The molecule has 0 saturated heterocycles. The number of phenols is 1. The molecule has 5 nitrogen and oxygen atoms in total. The van der Waals surface area contributed by atoms with Crippen LogP contribution < -0.4 is 9.46 Å². The van der Waals surface area contributed by atoms with Gasteiger partial charge in [-0.3, -0.25) is 0 Å². The number of rotatable bonds is 7. The smallest absolute Gasteiger partial charge is 0.240 e. The minimum Gasteiger partial charge on any atom is -0.508 e. The van der Waals surface area contributed by atoms with Gasteiger partial charge in [-0.2, -0.15) is 0 Å². The summed E-state index contributed by atoms with van der Waals surface area (Å²) in [4.78, 5) is 0.129. The zero-order chi connectivity index (χ0) is 15.1. The standard InChI is InChI=1S/C15H17NO4S/c17-13-7-9-15(10-8-13)21(18,19)16-11-4-12-20-14-5-2-1-3-6-14/h1-3,5-10,16-17H,4,11-12H2. The summed E-state index contributed by atoms with van der Waals surface area (Å²) in [7, 11) is -3.54. The Morgan fingerprint density at radius 1 is 1.00 bits per heavy atom. The third-order valence-corrected chi connectivity index (χ3v) is 4.25. The van der Waals surface area contributed by atoms with Gasteiger partial charge < -0.3 is 9.84 Å². The molecule has 0 heterocycles. The number of ether oxygens (including phenoxy) is 1. The van der Waals surface area contributed by atoms with Gasteiger partial charge in [0.1, 0.15) is 11.5 Å². The van der Waals surface area contributed by atoms with Crippen LogP contribution in [0.1, 0.15) is 6.42 Å². The van der Waals surface area contributed by atoms with Crippen LogP contribution in [-0.4, -0.2) is 26.7 Å². The first-order valence-electron chi connectivity index (χ1n) is 6.54. The van der Waals surface area contributed by atoms with Crippen LogP contribution in [0.15, 0.2) is 59.5 Å². The molecule has 0 amide bonds. The van der Waals surface area contributed by atoms with Gasteiger partial charge in [-0.05, 0) is 42.8 Å². The lowest BCUT2D eigenvalue weighted by Crippen LogP contribution is -2.25. The average molecular weight is 307 g/mol. The molecule has 21 heavy (non-hydrogen) atoms. The summed E-state index contributed by atoms with van der Waals surface area (Å²) >= 11 is 0. The lowest BCUT2D eigenvalue weighted by molar-refractivity contribution is 0.311. The zero-order valence-electron chi connectivity index (χ0n) is 11.4. The highest BCUT2D eigenvalue weighted by atomic mass is 32.2. The van der Waals surface area contributed by atoms with Gasteiger partial charge in [-0.25, -0.2) is 13.1 Å². The largest absolute Gasteiger partial charge is 0.508 e. The lowest BCUT2D eigenvalue weighted by Gasteiger charge is -2.08. The number of hydrogen-bond donors (Lipinski definition) is 2. The predicted molar refractivity (Wildman–Crippen MR) is 79.8 cm³/mol. The molecule has 0 aromatic heterocycles. The van der Waals surface area contributed by atoms with E-state index in [4.69, 9.17) is 9.84 Å². The maximum Gasteiger partial charge on any atom is 0.240 e. The van der Waals surface area contributed by atoms with Crippen LogP contribution >= 0.6 is 0 Å². The first-order chi connectivity index (χ1) is 10.1. The number of sulfonamides is 1. The van der Waals surface area contributed by atoms with Crippen molar-refractivity contribution < 1.29 is 18.3 Å². The second kappa shape index (κ2) is 7.10. The van der Waals surface area contributed by atoms with Crippen LogP contribution in [0.25, 0.3) is 0 Å². The molecule has 112 valence electrons.